The van der Waals surface area contributed by atoms with Crippen molar-refractivity contribution in [2.24, 2.45) is 0 Å². The molecule has 18 heavy (non-hydrogen) atoms. The second-order valence-electron chi connectivity index (χ2n) is 4.47. The molecule has 1 aliphatic rings. The van der Waals surface area contributed by atoms with Crippen LogP contribution < -0.4 is 0 Å². The van der Waals surface area contributed by atoms with Gasteiger partial charge in [0.25, 0.3) is 0 Å². The Kier molecular flexibility index (Phi) is 2.85. The maximum absolute atomic E-state index is 12.4. The smallest absolute Gasteiger partial charge is 0.416 e. The van der Waals surface area contributed by atoms with Crippen LogP contribution in [0.5, 0.6) is 0 Å². The monoisotopic (exact) mass is 260 g/mol. The largest absolute Gasteiger partial charge is 0.479 e. The Morgan fingerprint density at radius 1 is 1.22 bits per heavy atom. The number of carbonyl (C=O) groups is 1. The molecule has 3 nitrogen and oxygen atoms in total. The van der Waals surface area contributed by atoms with Crippen molar-refractivity contribution in [3.8, 4) is 0 Å². The molecule has 0 aromatic heterocycles. The van der Waals surface area contributed by atoms with Crippen molar-refractivity contribution in [2.45, 2.75) is 30.5 Å². The average molecular weight is 260 g/mol. The van der Waals surface area contributed by atoms with Gasteiger partial charge in [-0.1, -0.05) is 12.1 Å². The summed E-state index contributed by atoms with van der Waals surface area (Å²) in [5.41, 5.74) is -1.27. The lowest BCUT2D eigenvalue weighted by molar-refractivity contribution is -0.148. The van der Waals surface area contributed by atoms with Crippen LogP contribution in [0.2, 0.25) is 0 Å². The van der Waals surface area contributed by atoms with Crippen LogP contribution in [0.4, 0.5) is 13.2 Å². The predicted molar refractivity (Wildman–Crippen MR) is 56.0 cm³/mol. The lowest BCUT2D eigenvalue weighted by Crippen LogP contribution is -2.33. The van der Waals surface area contributed by atoms with Crippen LogP contribution >= 0.6 is 0 Å². The maximum atomic E-state index is 12.4. The minimum absolute atomic E-state index is 0.436. The first-order chi connectivity index (χ1) is 8.27. The third kappa shape index (κ3) is 2.08. The standard InChI is InChI=1S/C12H11F3O3/c13-12(14,15)8-3-1-7(2-4-8)11(5-6-11)9(16)10(17)18/h1-4,9,16H,5-6H2,(H,17,18). The molecule has 1 saturated carbocycles. The van der Waals surface area contributed by atoms with Crippen molar-refractivity contribution in [1.29, 1.82) is 0 Å². The number of rotatable bonds is 3. The predicted octanol–water partition coefficient (Wildman–Crippen LogP) is 2.18. The molecule has 98 valence electrons. The summed E-state index contributed by atoms with van der Waals surface area (Å²) in [6.07, 6.45) is -5.06. The van der Waals surface area contributed by atoms with Gasteiger partial charge in [-0.3, -0.25) is 0 Å². The van der Waals surface area contributed by atoms with Crippen molar-refractivity contribution < 1.29 is 28.2 Å². The fraction of sp³-hybridized carbons (Fsp3) is 0.417. The lowest BCUT2D eigenvalue weighted by Gasteiger charge is -2.19. The zero-order valence-corrected chi connectivity index (χ0v) is 9.24. The normalized spacial score (nSPS) is 19.3. The van der Waals surface area contributed by atoms with Gasteiger partial charge in [0.05, 0.1) is 5.56 Å². The number of aliphatic hydroxyl groups is 1. The van der Waals surface area contributed by atoms with E-state index in [2.05, 4.69) is 0 Å². The van der Waals surface area contributed by atoms with Gasteiger partial charge in [0.15, 0.2) is 6.10 Å². The topological polar surface area (TPSA) is 57.5 Å². The van der Waals surface area contributed by atoms with Crippen LogP contribution in [-0.2, 0) is 16.4 Å². The Morgan fingerprint density at radius 2 is 1.72 bits per heavy atom. The van der Waals surface area contributed by atoms with E-state index < -0.39 is 29.2 Å². The molecule has 1 aromatic rings. The van der Waals surface area contributed by atoms with Crippen LogP contribution in [0.1, 0.15) is 24.0 Å². The molecule has 0 bridgehead atoms. The molecule has 0 radical (unpaired) electrons. The summed E-state index contributed by atoms with van der Waals surface area (Å²) in [6, 6.07) is 4.29. The zero-order chi connectivity index (χ0) is 13.6. The highest BCUT2D eigenvalue weighted by Gasteiger charge is 2.53. The van der Waals surface area contributed by atoms with Crippen molar-refractivity contribution >= 4 is 5.97 Å². The first kappa shape index (κ1) is 12.9. The molecule has 0 spiro atoms. The molecule has 0 heterocycles. The summed E-state index contributed by atoms with van der Waals surface area (Å²) in [7, 11) is 0. The molecule has 0 aliphatic heterocycles. The molecule has 1 aromatic carbocycles. The van der Waals surface area contributed by atoms with E-state index in [1.165, 1.54) is 12.1 Å². The molecule has 6 heteroatoms. The summed E-state index contributed by atoms with van der Waals surface area (Å²) in [6.45, 7) is 0. The number of aliphatic carboxylic acids is 1. The summed E-state index contributed by atoms with van der Waals surface area (Å²) in [4.78, 5) is 10.8. The average Bonchev–Trinajstić information content (AvgIpc) is 3.08. The zero-order valence-electron chi connectivity index (χ0n) is 9.24. The van der Waals surface area contributed by atoms with Crippen molar-refractivity contribution in [3.63, 3.8) is 0 Å². The fourth-order valence-corrected chi connectivity index (χ4v) is 2.08. The number of aliphatic hydroxyl groups excluding tert-OH is 1. The molecule has 1 unspecified atom stereocenters. The van der Waals surface area contributed by atoms with E-state index in [0.717, 1.165) is 12.1 Å². The highest BCUT2D eigenvalue weighted by molar-refractivity contribution is 5.75. The van der Waals surface area contributed by atoms with Crippen LogP contribution in [0.15, 0.2) is 24.3 Å². The van der Waals surface area contributed by atoms with Gasteiger partial charge in [0.2, 0.25) is 0 Å². The third-order valence-electron chi connectivity index (χ3n) is 3.33. The molecular formula is C12H11F3O3. The number of benzene rings is 1. The van der Waals surface area contributed by atoms with Gasteiger partial charge in [0.1, 0.15) is 0 Å². The number of carboxylic acids is 1. The number of hydrogen-bond donors (Lipinski definition) is 2. The molecule has 2 rings (SSSR count). The molecule has 2 N–H and O–H groups in total. The molecule has 0 amide bonds. The van der Waals surface area contributed by atoms with E-state index in [4.69, 9.17) is 5.11 Å². The fourth-order valence-electron chi connectivity index (χ4n) is 2.08. The van der Waals surface area contributed by atoms with Gasteiger partial charge in [-0.2, -0.15) is 13.2 Å². The van der Waals surface area contributed by atoms with Crippen molar-refractivity contribution in [3.05, 3.63) is 35.4 Å². The Bertz CT molecular complexity index is 460. The lowest BCUT2D eigenvalue weighted by atomic mass is 9.89. The minimum Gasteiger partial charge on any atom is -0.479 e. The quantitative estimate of drug-likeness (QED) is 0.875. The van der Waals surface area contributed by atoms with E-state index in [-0.39, 0.29) is 0 Å². The first-order valence-electron chi connectivity index (χ1n) is 5.36. The second-order valence-corrected chi connectivity index (χ2v) is 4.47. The van der Waals surface area contributed by atoms with Crippen LogP contribution in [0.3, 0.4) is 0 Å². The van der Waals surface area contributed by atoms with Crippen molar-refractivity contribution in [1.82, 2.24) is 0 Å². The molecular weight excluding hydrogens is 249 g/mol. The van der Waals surface area contributed by atoms with Gasteiger partial charge in [-0.25, -0.2) is 4.79 Å². The van der Waals surface area contributed by atoms with Gasteiger partial charge in [0, 0.05) is 5.41 Å². The Hall–Kier alpha value is -1.56. The SMILES string of the molecule is O=C(O)C(O)C1(c2ccc(C(F)(F)F)cc2)CC1. The highest BCUT2D eigenvalue weighted by Crippen LogP contribution is 2.51. The van der Waals surface area contributed by atoms with E-state index in [9.17, 15) is 23.1 Å². The summed E-state index contributed by atoms with van der Waals surface area (Å²) in [5.74, 6) is -1.35. The Balaban J connectivity index is 2.28. The van der Waals surface area contributed by atoms with E-state index >= 15 is 0 Å². The Labute approximate surface area is 101 Å². The van der Waals surface area contributed by atoms with Gasteiger partial charge >= 0.3 is 12.1 Å². The van der Waals surface area contributed by atoms with E-state index in [0.29, 0.717) is 18.4 Å². The number of hydrogen-bond acceptors (Lipinski definition) is 2. The third-order valence-corrected chi connectivity index (χ3v) is 3.33. The van der Waals surface area contributed by atoms with Crippen molar-refractivity contribution in [2.75, 3.05) is 0 Å². The molecule has 1 aliphatic carbocycles. The summed E-state index contributed by atoms with van der Waals surface area (Å²) >= 11 is 0. The Morgan fingerprint density at radius 3 is 2.06 bits per heavy atom. The molecule has 0 saturated heterocycles. The molecule has 1 atom stereocenters. The van der Waals surface area contributed by atoms with E-state index in [1.807, 2.05) is 0 Å². The van der Waals surface area contributed by atoms with E-state index in [1.54, 1.807) is 0 Å². The van der Waals surface area contributed by atoms with Crippen LogP contribution in [-0.4, -0.2) is 22.3 Å². The number of carboxylic acid groups (broad SMARTS) is 1. The maximum Gasteiger partial charge on any atom is 0.416 e. The number of alkyl halides is 3. The summed E-state index contributed by atoms with van der Waals surface area (Å²) < 4.78 is 37.1. The van der Waals surface area contributed by atoms with Gasteiger partial charge in [-0.15, -0.1) is 0 Å². The van der Waals surface area contributed by atoms with Crippen LogP contribution in [0.25, 0.3) is 0 Å². The second kappa shape index (κ2) is 3.98. The van der Waals surface area contributed by atoms with Crippen LogP contribution in [0, 0.1) is 0 Å². The van der Waals surface area contributed by atoms with Gasteiger partial charge < -0.3 is 10.2 Å². The first-order valence-corrected chi connectivity index (χ1v) is 5.36. The summed E-state index contributed by atoms with van der Waals surface area (Å²) in [5, 5.41) is 18.4. The number of halogens is 3. The highest BCUT2D eigenvalue weighted by atomic mass is 19.4. The van der Waals surface area contributed by atoms with Gasteiger partial charge in [-0.05, 0) is 30.5 Å². The molecule has 1 fully saturated rings. The minimum atomic E-state index is -4.42.